The Morgan fingerprint density at radius 1 is 1.50 bits per heavy atom. The van der Waals surface area contributed by atoms with E-state index in [2.05, 4.69) is 15.0 Å². The Bertz CT molecular complexity index is 414. The van der Waals surface area contributed by atoms with Crippen LogP contribution in [0.2, 0.25) is 0 Å². The monoisotopic (exact) mass is 218 g/mol. The van der Waals surface area contributed by atoms with Crippen molar-refractivity contribution in [2.24, 2.45) is 5.11 Å². The number of aromatic nitrogens is 1. The van der Waals surface area contributed by atoms with Crippen molar-refractivity contribution >= 4 is 0 Å². The number of hydrogen-bond donors (Lipinski definition) is 1. The summed E-state index contributed by atoms with van der Waals surface area (Å²) in [7, 11) is 0. The van der Waals surface area contributed by atoms with Crippen molar-refractivity contribution in [1.82, 2.24) is 4.98 Å². The van der Waals surface area contributed by atoms with E-state index in [0.29, 0.717) is 12.5 Å². The summed E-state index contributed by atoms with van der Waals surface area (Å²) < 4.78 is 0. The Balaban J connectivity index is 2.12. The molecule has 5 nitrogen and oxygen atoms in total. The molecule has 5 heteroatoms. The molecule has 0 amide bonds. The molecule has 0 saturated heterocycles. The summed E-state index contributed by atoms with van der Waals surface area (Å²) in [6, 6.07) is 5.75. The first-order valence-electron chi connectivity index (χ1n) is 5.44. The topological polar surface area (TPSA) is 81.9 Å². The number of pyridine rings is 1. The molecule has 0 aliphatic heterocycles. The Labute approximate surface area is 93.8 Å². The minimum Gasteiger partial charge on any atom is -0.393 e. The maximum atomic E-state index is 9.48. The van der Waals surface area contributed by atoms with Crippen LogP contribution < -0.4 is 0 Å². The number of aliphatic hydroxyl groups is 1. The predicted octanol–water partition coefficient (Wildman–Crippen LogP) is 2.52. The molecule has 0 spiro atoms. The first kappa shape index (κ1) is 10.9. The van der Waals surface area contributed by atoms with E-state index in [9.17, 15) is 5.11 Å². The van der Waals surface area contributed by atoms with E-state index in [-0.39, 0.29) is 6.10 Å². The van der Waals surface area contributed by atoms with E-state index in [0.717, 1.165) is 30.7 Å². The smallest absolute Gasteiger partial charge is 0.0684 e. The highest BCUT2D eigenvalue weighted by Crippen LogP contribution is 2.33. The largest absolute Gasteiger partial charge is 0.393 e. The zero-order chi connectivity index (χ0) is 11.4. The van der Waals surface area contributed by atoms with E-state index in [1.165, 1.54) is 0 Å². The molecule has 16 heavy (non-hydrogen) atoms. The Morgan fingerprint density at radius 3 is 3.06 bits per heavy atom. The van der Waals surface area contributed by atoms with E-state index >= 15 is 0 Å². The Hall–Kier alpha value is -1.58. The SMILES string of the molecule is [N-]=[N+]=NCc1cccc(C2CCC(O)C2)n1. The number of hydrogen-bond acceptors (Lipinski definition) is 3. The van der Waals surface area contributed by atoms with Gasteiger partial charge in [-0.3, -0.25) is 4.98 Å². The average molecular weight is 218 g/mol. The molecule has 1 aromatic rings. The highest BCUT2D eigenvalue weighted by atomic mass is 16.3. The van der Waals surface area contributed by atoms with Gasteiger partial charge >= 0.3 is 0 Å². The van der Waals surface area contributed by atoms with Crippen LogP contribution in [0.1, 0.15) is 36.6 Å². The summed E-state index contributed by atoms with van der Waals surface area (Å²) in [5.74, 6) is 0.348. The van der Waals surface area contributed by atoms with Crippen molar-refractivity contribution in [3.05, 3.63) is 40.0 Å². The molecule has 2 atom stereocenters. The van der Waals surface area contributed by atoms with Crippen molar-refractivity contribution in [1.29, 1.82) is 0 Å². The molecule has 1 saturated carbocycles. The number of rotatable bonds is 3. The minimum atomic E-state index is -0.187. The third-order valence-corrected chi connectivity index (χ3v) is 2.95. The van der Waals surface area contributed by atoms with Crippen molar-refractivity contribution in [2.75, 3.05) is 0 Å². The van der Waals surface area contributed by atoms with Crippen LogP contribution in [0, 0.1) is 0 Å². The van der Waals surface area contributed by atoms with Crippen molar-refractivity contribution < 1.29 is 5.11 Å². The van der Waals surface area contributed by atoms with E-state index < -0.39 is 0 Å². The van der Waals surface area contributed by atoms with Gasteiger partial charge in [-0.25, -0.2) is 0 Å². The number of azide groups is 1. The molecule has 0 bridgehead atoms. The van der Waals surface area contributed by atoms with Crippen LogP contribution in [0.5, 0.6) is 0 Å². The summed E-state index contributed by atoms with van der Waals surface area (Å²) in [4.78, 5) is 7.17. The summed E-state index contributed by atoms with van der Waals surface area (Å²) in [6.45, 7) is 0.291. The lowest BCUT2D eigenvalue weighted by molar-refractivity contribution is 0.181. The lowest BCUT2D eigenvalue weighted by Gasteiger charge is -2.09. The average Bonchev–Trinajstić information content (AvgIpc) is 2.74. The maximum Gasteiger partial charge on any atom is 0.0684 e. The van der Waals surface area contributed by atoms with Gasteiger partial charge in [-0.1, -0.05) is 11.2 Å². The van der Waals surface area contributed by atoms with E-state index in [1.54, 1.807) is 0 Å². The minimum absolute atomic E-state index is 0.187. The van der Waals surface area contributed by atoms with Gasteiger partial charge in [0.05, 0.1) is 12.6 Å². The third kappa shape index (κ3) is 2.51. The summed E-state index contributed by atoms with van der Waals surface area (Å²) in [5.41, 5.74) is 10.0. The molecule has 0 radical (unpaired) electrons. The van der Waals surface area contributed by atoms with Gasteiger partial charge in [0.25, 0.3) is 0 Å². The fourth-order valence-electron chi connectivity index (χ4n) is 2.14. The molecule has 1 fully saturated rings. The van der Waals surface area contributed by atoms with Gasteiger partial charge in [-0.15, -0.1) is 0 Å². The maximum absolute atomic E-state index is 9.48. The molecule has 0 aromatic carbocycles. The van der Waals surface area contributed by atoms with E-state index in [1.807, 2.05) is 18.2 Å². The quantitative estimate of drug-likeness (QED) is 0.480. The Kier molecular flexibility index (Phi) is 3.39. The van der Waals surface area contributed by atoms with Crippen LogP contribution in [0.25, 0.3) is 10.4 Å². The highest BCUT2D eigenvalue weighted by Gasteiger charge is 2.24. The lowest BCUT2D eigenvalue weighted by atomic mass is 10.0. The van der Waals surface area contributed by atoms with Crippen LogP contribution in [0.15, 0.2) is 23.3 Å². The second kappa shape index (κ2) is 4.96. The fourth-order valence-corrected chi connectivity index (χ4v) is 2.14. The Morgan fingerprint density at radius 2 is 2.38 bits per heavy atom. The van der Waals surface area contributed by atoms with Crippen LogP contribution in [-0.4, -0.2) is 16.2 Å². The molecular formula is C11H14N4O. The second-order valence-corrected chi connectivity index (χ2v) is 4.11. The van der Waals surface area contributed by atoms with Crippen molar-refractivity contribution in [3.63, 3.8) is 0 Å². The first-order valence-corrected chi connectivity index (χ1v) is 5.44. The van der Waals surface area contributed by atoms with Gasteiger partial charge in [-0.2, -0.15) is 0 Å². The van der Waals surface area contributed by atoms with Crippen molar-refractivity contribution in [3.8, 4) is 0 Å². The van der Waals surface area contributed by atoms with Gasteiger partial charge in [0.15, 0.2) is 0 Å². The van der Waals surface area contributed by atoms with E-state index in [4.69, 9.17) is 5.53 Å². The van der Waals surface area contributed by atoms with Gasteiger partial charge < -0.3 is 5.11 Å². The molecule has 2 rings (SSSR count). The second-order valence-electron chi connectivity index (χ2n) is 4.11. The molecule has 1 N–H and O–H groups in total. The molecule has 1 heterocycles. The number of nitrogens with zero attached hydrogens (tertiary/aromatic N) is 4. The van der Waals surface area contributed by atoms with Crippen LogP contribution >= 0.6 is 0 Å². The molecule has 1 aliphatic carbocycles. The van der Waals surface area contributed by atoms with Crippen LogP contribution in [0.4, 0.5) is 0 Å². The molecule has 1 aliphatic rings. The normalized spacial score (nSPS) is 24.1. The number of aliphatic hydroxyl groups excluding tert-OH is 1. The third-order valence-electron chi connectivity index (χ3n) is 2.95. The molecule has 1 aromatic heterocycles. The van der Waals surface area contributed by atoms with Crippen LogP contribution in [-0.2, 0) is 6.54 Å². The lowest BCUT2D eigenvalue weighted by Crippen LogP contribution is -2.02. The standard InChI is InChI=1S/C11H14N4O/c12-15-13-7-9-2-1-3-11(14-9)8-4-5-10(16)6-8/h1-3,8,10,16H,4-7H2. The highest BCUT2D eigenvalue weighted by molar-refractivity contribution is 5.16. The van der Waals surface area contributed by atoms with Crippen LogP contribution in [0.3, 0.4) is 0 Å². The first-order chi connectivity index (χ1) is 7.79. The zero-order valence-electron chi connectivity index (χ0n) is 8.95. The van der Waals surface area contributed by atoms with Gasteiger partial charge in [-0.05, 0) is 36.9 Å². The van der Waals surface area contributed by atoms with Gasteiger partial charge in [0.2, 0.25) is 0 Å². The van der Waals surface area contributed by atoms with Gasteiger partial charge in [0.1, 0.15) is 0 Å². The predicted molar refractivity (Wildman–Crippen MR) is 59.7 cm³/mol. The van der Waals surface area contributed by atoms with Gasteiger partial charge in [0, 0.05) is 22.2 Å². The zero-order valence-corrected chi connectivity index (χ0v) is 8.95. The summed E-state index contributed by atoms with van der Waals surface area (Å²) in [5, 5.41) is 13.0. The van der Waals surface area contributed by atoms with Crippen molar-refractivity contribution in [2.45, 2.75) is 37.8 Å². The summed E-state index contributed by atoms with van der Waals surface area (Å²) in [6.07, 6.45) is 2.44. The summed E-state index contributed by atoms with van der Waals surface area (Å²) >= 11 is 0. The molecular weight excluding hydrogens is 204 g/mol. The molecule has 2 unspecified atom stereocenters. The fraction of sp³-hybridized carbons (Fsp3) is 0.545. The molecule has 84 valence electrons.